The zero-order valence-electron chi connectivity index (χ0n) is 17.8. The molecule has 0 bridgehead atoms. The second kappa shape index (κ2) is 11.5. The number of aryl methyl sites for hydroxylation is 1. The molecule has 30 heavy (non-hydrogen) atoms. The highest BCUT2D eigenvalue weighted by molar-refractivity contribution is 5.27. The number of methoxy groups -OCH3 is 1. The molecule has 0 fully saturated rings. The van der Waals surface area contributed by atoms with Crippen LogP contribution in [0.2, 0.25) is 0 Å². The van der Waals surface area contributed by atoms with Crippen LogP contribution in [0.1, 0.15) is 22.3 Å². The van der Waals surface area contributed by atoms with E-state index in [0.29, 0.717) is 19.8 Å². The molecule has 0 aliphatic heterocycles. The van der Waals surface area contributed by atoms with Crippen LogP contribution in [0, 0.1) is 6.92 Å². The van der Waals surface area contributed by atoms with E-state index in [2.05, 4.69) is 48.2 Å². The maximum absolute atomic E-state index is 10.6. The van der Waals surface area contributed by atoms with Crippen LogP contribution in [0.15, 0.2) is 78.9 Å². The van der Waals surface area contributed by atoms with E-state index in [4.69, 9.17) is 9.47 Å². The molecule has 4 nitrogen and oxygen atoms in total. The summed E-state index contributed by atoms with van der Waals surface area (Å²) in [4.78, 5) is 2.26. The van der Waals surface area contributed by atoms with Crippen molar-refractivity contribution in [2.45, 2.75) is 32.7 Å². The Morgan fingerprint density at radius 2 is 1.53 bits per heavy atom. The minimum Gasteiger partial charge on any atom is -0.497 e. The molecule has 158 valence electrons. The van der Waals surface area contributed by atoms with Crippen molar-refractivity contribution < 1.29 is 14.6 Å². The second-order valence-electron chi connectivity index (χ2n) is 7.66. The van der Waals surface area contributed by atoms with Gasteiger partial charge >= 0.3 is 0 Å². The van der Waals surface area contributed by atoms with E-state index < -0.39 is 6.10 Å². The molecule has 1 atom stereocenters. The van der Waals surface area contributed by atoms with Crippen molar-refractivity contribution in [1.29, 1.82) is 0 Å². The zero-order valence-corrected chi connectivity index (χ0v) is 17.8. The van der Waals surface area contributed by atoms with Gasteiger partial charge in [0.2, 0.25) is 0 Å². The molecular formula is C26H31NO3. The lowest BCUT2D eigenvalue weighted by Crippen LogP contribution is -2.34. The molecule has 3 aromatic rings. The lowest BCUT2D eigenvalue weighted by atomic mass is 10.1. The summed E-state index contributed by atoms with van der Waals surface area (Å²) in [7, 11) is 1.67. The standard InChI is InChI=1S/C26H31NO3/c1-21-7-6-10-24(15-21)17-27(16-22-11-13-26(29-2)14-12-22)18-25(28)20-30-19-23-8-4-3-5-9-23/h3-15,25,28H,16-20H2,1-2H3. The van der Waals surface area contributed by atoms with Crippen molar-refractivity contribution >= 4 is 0 Å². The van der Waals surface area contributed by atoms with Gasteiger partial charge in [0.25, 0.3) is 0 Å². The minimum absolute atomic E-state index is 0.307. The first-order valence-corrected chi connectivity index (χ1v) is 10.3. The molecule has 4 heteroatoms. The van der Waals surface area contributed by atoms with Crippen LogP contribution < -0.4 is 4.74 Å². The SMILES string of the molecule is COc1ccc(CN(Cc2cccc(C)c2)CC(O)COCc2ccccc2)cc1. The molecule has 0 saturated heterocycles. The van der Waals surface area contributed by atoms with Crippen LogP contribution in [-0.4, -0.2) is 36.4 Å². The number of hydrogen-bond acceptors (Lipinski definition) is 4. The van der Waals surface area contributed by atoms with Crippen molar-refractivity contribution in [2.24, 2.45) is 0 Å². The van der Waals surface area contributed by atoms with Gasteiger partial charge in [0, 0.05) is 19.6 Å². The summed E-state index contributed by atoms with van der Waals surface area (Å²) in [6.07, 6.45) is -0.559. The Labute approximate surface area is 179 Å². The van der Waals surface area contributed by atoms with Gasteiger partial charge in [-0.05, 0) is 35.7 Å². The van der Waals surface area contributed by atoms with Crippen molar-refractivity contribution in [2.75, 3.05) is 20.3 Å². The van der Waals surface area contributed by atoms with Gasteiger partial charge in [-0.25, -0.2) is 0 Å². The van der Waals surface area contributed by atoms with Gasteiger partial charge in [0.1, 0.15) is 5.75 Å². The molecule has 3 aromatic carbocycles. The lowest BCUT2D eigenvalue weighted by molar-refractivity contribution is 0.00712. The maximum Gasteiger partial charge on any atom is 0.118 e. The molecule has 0 aliphatic rings. The van der Waals surface area contributed by atoms with E-state index in [1.54, 1.807) is 7.11 Å². The minimum atomic E-state index is -0.559. The maximum atomic E-state index is 10.6. The quantitative estimate of drug-likeness (QED) is 0.507. The fourth-order valence-electron chi connectivity index (χ4n) is 3.48. The van der Waals surface area contributed by atoms with Gasteiger partial charge in [0.15, 0.2) is 0 Å². The number of hydrogen-bond donors (Lipinski definition) is 1. The van der Waals surface area contributed by atoms with Gasteiger partial charge in [0.05, 0.1) is 26.4 Å². The highest BCUT2D eigenvalue weighted by Gasteiger charge is 2.14. The van der Waals surface area contributed by atoms with E-state index in [1.165, 1.54) is 16.7 Å². The molecule has 0 aliphatic carbocycles. The molecule has 0 amide bonds. The van der Waals surface area contributed by atoms with Crippen molar-refractivity contribution in [1.82, 2.24) is 4.90 Å². The predicted molar refractivity (Wildman–Crippen MR) is 120 cm³/mol. The van der Waals surface area contributed by atoms with E-state index in [1.807, 2.05) is 42.5 Å². The van der Waals surface area contributed by atoms with Crippen LogP contribution >= 0.6 is 0 Å². The smallest absolute Gasteiger partial charge is 0.118 e. The van der Waals surface area contributed by atoms with Crippen LogP contribution in [0.25, 0.3) is 0 Å². The summed E-state index contributed by atoms with van der Waals surface area (Å²) in [5.74, 6) is 0.846. The summed E-state index contributed by atoms with van der Waals surface area (Å²) in [6.45, 7) is 4.96. The number of benzene rings is 3. The lowest BCUT2D eigenvalue weighted by Gasteiger charge is -2.25. The zero-order chi connectivity index (χ0) is 21.2. The highest BCUT2D eigenvalue weighted by atomic mass is 16.5. The number of ether oxygens (including phenoxy) is 2. The topological polar surface area (TPSA) is 41.9 Å². The van der Waals surface area contributed by atoms with Crippen LogP contribution in [0.3, 0.4) is 0 Å². The molecular weight excluding hydrogens is 374 g/mol. The molecule has 0 heterocycles. The number of rotatable bonds is 11. The summed E-state index contributed by atoms with van der Waals surface area (Å²) in [5.41, 5.74) is 4.77. The molecule has 0 saturated carbocycles. The average molecular weight is 406 g/mol. The Hall–Kier alpha value is -2.66. The third-order valence-corrected chi connectivity index (χ3v) is 4.94. The summed E-state index contributed by atoms with van der Waals surface area (Å²) in [5, 5.41) is 10.6. The van der Waals surface area contributed by atoms with Gasteiger partial charge in [-0.2, -0.15) is 0 Å². The van der Waals surface area contributed by atoms with Gasteiger partial charge in [-0.3, -0.25) is 4.90 Å². The number of nitrogens with zero attached hydrogens (tertiary/aromatic N) is 1. The Kier molecular flexibility index (Phi) is 8.45. The van der Waals surface area contributed by atoms with Crippen LogP contribution in [0.5, 0.6) is 5.75 Å². The summed E-state index contributed by atoms with van der Waals surface area (Å²) >= 11 is 0. The largest absolute Gasteiger partial charge is 0.497 e. The normalized spacial score (nSPS) is 12.1. The first-order chi connectivity index (χ1) is 14.6. The Morgan fingerprint density at radius 3 is 2.23 bits per heavy atom. The Balaban J connectivity index is 1.60. The Bertz CT molecular complexity index is 880. The third-order valence-electron chi connectivity index (χ3n) is 4.94. The number of aliphatic hydroxyl groups is 1. The second-order valence-corrected chi connectivity index (χ2v) is 7.66. The molecule has 0 radical (unpaired) electrons. The fourth-order valence-corrected chi connectivity index (χ4v) is 3.48. The molecule has 0 spiro atoms. The first-order valence-electron chi connectivity index (χ1n) is 10.3. The third kappa shape index (κ3) is 7.30. The van der Waals surface area contributed by atoms with E-state index in [-0.39, 0.29) is 0 Å². The summed E-state index contributed by atoms with van der Waals surface area (Å²) in [6, 6.07) is 26.6. The van der Waals surface area contributed by atoms with Gasteiger partial charge < -0.3 is 14.6 Å². The molecule has 0 aromatic heterocycles. The average Bonchev–Trinajstić information content (AvgIpc) is 2.75. The monoisotopic (exact) mass is 405 g/mol. The van der Waals surface area contributed by atoms with E-state index in [0.717, 1.165) is 24.4 Å². The van der Waals surface area contributed by atoms with Gasteiger partial charge in [-0.1, -0.05) is 72.3 Å². The molecule has 3 rings (SSSR count). The molecule has 1 N–H and O–H groups in total. The highest BCUT2D eigenvalue weighted by Crippen LogP contribution is 2.16. The van der Waals surface area contributed by atoms with Crippen LogP contribution in [-0.2, 0) is 24.4 Å². The van der Waals surface area contributed by atoms with E-state index >= 15 is 0 Å². The van der Waals surface area contributed by atoms with Crippen molar-refractivity contribution in [3.05, 3.63) is 101 Å². The molecule has 1 unspecified atom stereocenters. The van der Waals surface area contributed by atoms with Gasteiger partial charge in [-0.15, -0.1) is 0 Å². The summed E-state index contributed by atoms with van der Waals surface area (Å²) < 4.78 is 11.0. The first kappa shape index (κ1) is 22.0. The number of aliphatic hydroxyl groups excluding tert-OH is 1. The van der Waals surface area contributed by atoms with Crippen LogP contribution in [0.4, 0.5) is 0 Å². The fraction of sp³-hybridized carbons (Fsp3) is 0.308. The Morgan fingerprint density at radius 1 is 0.833 bits per heavy atom. The van der Waals surface area contributed by atoms with Crippen molar-refractivity contribution in [3.8, 4) is 5.75 Å². The predicted octanol–water partition coefficient (Wildman–Crippen LogP) is 4.58. The van der Waals surface area contributed by atoms with Crippen molar-refractivity contribution in [3.63, 3.8) is 0 Å². The van der Waals surface area contributed by atoms with E-state index in [9.17, 15) is 5.11 Å².